The molecule has 0 heterocycles. The van der Waals surface area contributed by atoms with E-state index in [-0.39, 0.29) is 10.8 Å². The van der Waals surface area contributed by atoms with Crippen molar-refractivity contribution in [1.82, 2.24) is 0 Å². The van der Waals surface area contributed by atoms with Crippen LogP contribution in [0.2, 0.25) is 0 Å². The third-order valence-electron chi connectivity index (χ3n) is 3.19. The van der Waals surface area contributed by atoms with Crippen molar-refractivity contribution in [2.24, 2.45) is 0 Å². The van der Waals surface area contributed by atoms with Crippen molar-refractivity contribution in [3.63, 3.8) is 0 Å². The van der Waals surface area contributed by atoms with Crippen LogP contribution in [0.3, 0.4) is 0 Å². The summed E-state index contributed by atoms with van der Waals surface area (Å²) in [5, 5.41) is 0. The van der Waals surface area contributed by atoms with E-state index in [1.165, 1.54) is 16.7 Å². The Bertz CT molecular complexity index is 403. The van der Waals surface area contributed by atoms with E-state index in [1.807, 2.05) is 0 Å². The molecule has 0 saturated heterocycles. The minimum absolute atomic E-state index is 0.140. The SMILES string of the molecule is COc1ccc(C(C)(C)C)c(C(C)(C)C)c1C. The Morgan fingerprint density at radius 3 is 1.76 bits per heavy atom. The lowest BCUT2D eigenvalue weighted by molar-refractivity contribution is 0.407. The van der Waals surface area contributed by atoms with E-state index in [2.05, 4.69) is 60.6 Å². The fourth-order valence-corrected chi connectivity index (χ4v) is 2.51. The molecule has 1 nitrogen and oxygen atoms in total. The molecule has 0 aromatic heterocycles. The van der Waals surface area contributed by atoms with Crippen LogP contribution >= 0.6 is 0 Å². The number of hydrogen-bond acceptors (Lipinski definition) is 1. The first kappa shape index (κ1) is 14.1. The van der Waals surface area contributed by atoms with E-state index < -0.39 is 0 Å². The molecule has 96 valence electrons. The molecule has 17 heavy (non-hydrogen) atoms. The maximum Gasteiger partial charge on any atom is 0.122 e. The van der Waals surface area contributed by atoms with Crippen LogP contribution in [-0.2, 0) is 10.8 Å². The van der Waals surface area contributed by atoms with Crippen LogP contribution in [0.25, 0.3) is 0 Å². The molecule has 1 aromatic rings. The highest BCUT2D eigenvalue weighted by Gasteiger charge is 2.27. The zero-order chi connectivity index (χ0) is 13.4. The van der Waals surface area contributed by atoms with Crippen LogP contribution in [-0.4, -0.2) is 7.11 Å². The molecule has 0 amide bonds. The summed E-state index contributed by atoms with van der Waals surface area (Å²) in [4.78, 5) is 0. The van der Waals surface area contributed by atoms with E-state index in [9.17, 15) is 0 Å². The van der Waals surface area contributed by atoms with Gasteiger partial charge in [0.2, 0.25) is 0 Å². The largest absolute Gasteiger partial charge is 0.496 e. The predicted octanol–water partition coefficient (Wildman–Crippen LogP) is 4.60. The van der Waals surface area contributed by atoms with Gasteiger partial charge in [0.15, 0.2) is 0 Å². The Morgan fingerprint density at radius 1 is 0.882 bits per heavy atom. The van der Waals surface area contributed by atoms with Crippen molar-refractivity contribution in [2.45, 2.75) is 59.3 Å². The van der Waals surface area contributed by atoms with Crippen molar-refractivity contribution < 1.29 is 4.74 Å². The summed E-state index contributed by atoms with van der Waals surface area (Å²) in [6.07, 6.45) is 0. The standard InChI is InChI=1S/C16H26O/c1-11-13(17-8)10-9-12(15(2,3)4)14(11)16(5,6)7/h9-10H,1-8H3. The molecule has 0 fully saturated rings. The second kappa shape index (κ2) is 4.36. The van der Waals surface area contributed by atoms with Gasteiger partial charge in [0.25, 0.3) is 0 Å². The van der Waals surface area contributed by atoms with Crippen molar-refractivity contribution in [2.75, 3.05) is 7.11 Å². The van der Waals surface area contributed by atoms with Crippen molar-refractivity contribution in [1.29, 1.82) is 0 Å². The van der Waals surface area contributed by atoms with Gasteiger partial charge in [-0.15, -0.1) is 0 Å². The monoisotopic (exact) mass is 234 g/mol. The van der Waals surface area contributed by atoms with Crippen molar-refractivity contribution >= 4 is 0 Å². The molecule has 0 saturated carbocycles. The fourth-order valence-electron chi connectivity index (χ4n) is 2.51. The average molecular weight is 234 g/mol. The zero-order valence-electron chi connectivity index (χ0n) is 12.6. The summed E-state index contributed by atoms with van der Waals surface area (Å²) in [5.41, 5.74) is 4.42. The summed E-state index contributed by atoms with van der Waals surface area (Å²) >= 11 is 0. The number of ether oxygens (including phenoxy) is 1. The number of methoxy groups -OCH3 is 1. The van der Waals surface area contributed by atoms with Gasteiger partial charge >= 0.3 is 0 Å². The predicted molar refractivity (Wildman–Crippen MR) is 75.1 cm³/mol. The van der Waals surface area contributed by atoms with Gasteiger partial charge in [-0.25, -0.2) is 0 Å². The maximum absolute atomic E-state index is 5.45. The smallest absolute Gasteiger partial charge is 0.122 e. The van der Waals surface area contributed by atoms with Gasteiger partial charge in [-0.1, -0.05) is 47.6 Å². The Labute approximate surface area is 106 Å². The van der Waals surface area contributed by atoms with Crippen LogP contribution in [0, 0.1) is 6.92 Å². The number of rotatable bonds is 1. The van der Waals surface area contributed by atoms with Gasteiger partial charge in [0.05, 0.1) is 7.11 Å². The first-order valence-corrected chi connectivity index (χ1v) is 6.27. The average Bonchev–Trinajstić information content (AvgIpc) is 2.13. The Hall–Kier alpha value is -0.980. The van der Waals surface area contributed by atoms with E-state index >= 15 is 0 Å². The molecule has 0 aliphatic carbocycles. The molecule has 0 aliphatic rings. The van der Waals surface area contributed by atoms with Crippen molar-refractivity contribution in [3.8, 4) is 5.75 Å². The molecular weight excluding hydrogens is 208 g/mol. The summed E-state index contributed by atoms with van der Waals surface area (Å²) in [5.74, 6) is 0.989. The van der Waals surface area contributed by atoms with Gasteiger partial charge in [-0.2, -0.15) is 0 Å². The highest BCUT2D eigenvalue weighted by Crippen LogP contribution is 2.39. The van der Waals surface area contributed by atoms with Gasteiger partial charge in [0.1, 0.15) is 5.75 Å². The summed E-state index contributed by atoms with van der Waals surface area (Å²) < 4.78 is 5.45. The first-order valence-electron chi connectivity index (χ1n) is 6.27. The lowest BCUT2D eigenvalue weighted by atomic mass is 9.73. The molecule has 0 N–H and O–H groups in total. The van der Waals surface area contributed by atoms with E-state index in [0.29, 0.717) is 0 Å². The van der Waals surface area contributed by atoms with Crippen LogP contribution < -0.4 is 4.74 Å². The molecule has 0 unspecified atom stereocenters. The molecule has 1 heteroatoms. The van der Waals surface area contributed by atoms with Crippen LogP contribution in [0.15, 0.2) is 12.1 Å². The van der Waals surface area contributed by atoms with Gasteiger partial charge in [-0.3, -0.25) is 0 Å². The molecule has 0 spiro atoms. The molecular formula is C16H26O. The third kappa shape index (κ3) is 2.83. The minimum atomic E-state index is 0.140. The van der Waals surface area contributed by atoms with E-state index in [4.69, 9.17) is 4.74 Å². The quantitative estimate of drug-likeness (QED) is 0.690. The normalized spacial score (nSPS) is 12.7. The Morgan fingerprint density at radius 2 is 1.41 bits per heavy atom. The van der Waals surface area contributed by atoms with Gasteiger partial charge < -0.3 is 4.74 Å². The van der Waals surface area contributed by atoms with Crippen LogP contribution in [0.1, 0.15) is 58.2 Å². The van der Waals surface area contributed by atoms with E-state index in [1.54, 1.807) is 7.11 Å². The van der Waals surface area contributed by atoms with Crippen LogP contribution in [0.5, 0.6) is 5.75 Å². The fraction of sp³-hybridized carbons (Fsp3) is 0.625. The topological polar surface area (TPSA) is 9.23 Å². The van der Waals surface area contributed by atoms with Gasteiger partial charge in [-0.05, 0) is 40.5 Å². The lowest BCUT2D eigenvalue weighted by Crippen LogP contribution is -2.23. The highest BCUT2D eigenvalue weighted by atomic mass is 16.5. The first-order chi connectivity index (χ1) is 7.59. The zero-order valence-corrected chi connectivity index (χ0v) is 12.6. The van der Waals surface area contributed by atoms with Crippen LogP contribution in [0.4, 0.5) is 0 Å². The highest BCUT2D eigenvalue weighted by molar-refractivity contribution is 5.50. The lowest BCUT2D eigenvalue weighted by Gasteiger charge is -2.32. The molecule has 1 rings (SSSR count). The maximum atomic E-state index is 5.45. The van der Waals surface area contributed by atoms with Crippen molar-refractivity contribution in [3.05, 3.63) is 28.8 Å². The summed E-state index contributed by atoms with van der Waals surface area (Å²) in [6, 6.07) is 4.30. The molecule has 1 aromatic carbocycles. The molecule has 0 atom stereocenters. The third-order valence-corrected chi connectivity index (χ3v) is 3.19. The summed E-state index contributed by atoms with van der Waals surface area (Å²) in [6.45, 7) is 15.8. The minimum Gasteiger partial charge on any atom is -0.496 e. The van der Waals surface area contributed by atoms with Gasteiger partial charge in [0, 0.05) is 0 Å². The number of hydrogen-bond donors (Lipinski definition) is 0. The van der Waals surface area contributed by atoms with E-state index in [0.717, 1.165) is 5.75 Å². The molecule has 0 bridgehead atoms. The second-order valence-corrected chi connectivity index (χ2v) is 6.82. The number of benzene rings is 1. The Kier molecular flexibility index (Phi) is 3.61. The molecule has 0 radical (unpaired) electrons. The second-order valence-electron chi connectivity index (χ2n) is 6.82. The Balaban J connectivity index is 3.59. The molecule has 0 aliphatic heterocycles. The summed E-state index contributed by atoms with van der Waals surface area (Å²) in [7, 11) is 1.74.